The summed E-state index contributed by atoms with van der Waals surface area (Å²) in [6.45, 7) is 0. The molecule has 1 fully saturated rings. The summed E-state index contributed by atoms with van der Waals surface area (Å²) in [5.41, 5.74) is 6.71. The Labute approximate surface area is 155 Å². The normalized spacial score (nSPS) is 14.7. The third-order valence-corrected chi connectivity index (χ3v) is 5.88. The molecule has 26 heavy (non-hydrogen) atoms. The molecule has 3 aromatic rings. The molecule has 4 rings (SSSR count). The molecule has 0 atom stereocenters. The zero-order valence-electron chi connectivity index (χ0n) is 13.4. The molecule has 2 aromatic heterocycles. The average Bonchev–Trinajstić information content (AvgIpc) is 3.20. The van der Waals surface area contributed by atoms with Crippen molar-refractivity contribution in [2.75, 3.05) is 5.73 Å². The van der Waals surface area contributed by atoms with Crippen molar-refractivity contribution in [3.05, 3.63) is 40.9 Å². The number of thioether (sulfide) groups is 1. The smallest absolute Gasteiger partial charge is 0.368 e. The summed E-state index contributed by atoms with van der Waals surface area (Å²) in [6, 6.07) is 5.44. The van der Waals surface area contributed by atoms with E-state index in [1.807, 2.05) is 9.95 Å². The van der Waals surface area contributed by atoms with Crippen LogP contribution < -0.4 is 5.73 Å². The van der Waals surface area contributed by atoms with Crippen LogP contribution in [0, 0.1) is 0 Å². The first-order chi connectivity index (χ1) is 12.4. The van der Waals surface area contributed by atoms with Crippen molar-refractivity contribution < 1.29 is 13.2 Å². The molecule has 0 unspecified atom stereocenters. The topological polar surface area (TPSA) is 69.6 Å². The van der Waals surface area contributed by atoms with Crippen LogP contribution in [0.15, 0.2) is 34.8 Å². The van der Waals surface area contributed by atoms with Crippen LogP contribution in [-0.2, 0) is 11.9 Å². The number of thiazole rings is 1. The Morgan fingerprint density at radius 3 is 2.58 bits per heavy atom. The fourth-order valence-corrected chi connectivity index (χ4v) is 4.35. The highest BCUT2D eigenvalue weighted by atomic mass is 32.2. The molecule has 0 spiro atoms. The van der Waals surface area contributed by atoms with E-state index in [2.05, 4.69) is 15.2 Å². The van der Waals surface area contributed by atoms with Crippen molar-refractivity contribution in [2.24, 2.45) is 0 Å². The van der Waals surface area contributed by atoms with Crippen LogP contribution >= 0.6 is 23.1 Å². The Morgan fingerprint density at radius 1 is 1.19 bits per heavy atom. The van der Waals surface area contributed by atoms with Gasteiger partial charge in [-0.15, -0.1) is 21.5 Å². The van der Waals surface area contributed by atoms with E-state index >= 15 is 0 Å². The Morgan fingerprint density at radius 2 is 1.92 bits per heavy atom. The molecular formula is C16H14F3N5S2. The van der Waals surface area contributed by atoms with Crippen molar-refractivity contribution in [1.82, 2.24) is 19.7 Å². The Hall–Kier alpha value is -2.07. The molecule has 1 aliphatic rings. The first-order valence-corrected chi connectivity index (χ1v) is 9.73. The third kappa shape index (κ3) is 3.56. The van der Waals surface area contributed by atoms with Crippen molar-refractivity contribution in [2.45, 2.75) is 36.0 Å². The van der Waals surface area contributed by atoms with Gasteiger partial charge in [-0.25, -0.2) is 4.98 Å². The largest absolute Gasteiger partial charge is 0.416 e. The number of rotatable bonds is 5. The molecule has 1 saturated carbocycles. The molecule has 1 aliphatic carbocycles. The zero-order valence-corrected chi connectivity index (χ0v) is 15.0. The van der Waals surface area contributed by atoms with Gasteiger partial charge in [0.1, 0.15) is 5.01 Å². The van der Waals surface area contributed by atoms with Crippen LogP contribution in [0.4, 0.5) is 19.1 Å². The maximum atomic E-state index is 12.6. The highest BCUT2D eigenvalue weighted by Gasteiger charge is 2.30. The van der Waals surface area contributed by atoms with Crippen molar-refractivity contribution >= 4 is 29.0 Å². The van der Waals surface area contributed by atoms with Crippen LogP contribution in [0.5, 0.6) is 0 Å². The van der Waals surface area contributed by atoms with Gasteiger partial charge in [0, 0.05) is 22.7 Å². The highest BCUT2D eigenvalue weighted by Crippen LogP contribution is 2.40. The van der Waals surface area contributed by atoms with Gasteiger partial charge in [0.15, 0.2) is 5.16 Å². The molecular weight excluding hydrogens is 383 g/mol. The highest BCUT2D eigenvalue weighted by molar-refractivity contribution is 7.98. The maximum Gasteiger partial charge on any atom is 0.416 e. The number of nitrogen functional groups attached to an aromatic ring is 1. The van der Waals surface area contributed by atoms with Crippen LogP contribution in [0.2, 0.25) is 0 Å². The number of hydrogen-bond donors (Lipinski definition) is 1. The summed E-state index contributed by atoms with van der Waals surface area (Å²) >= 11 is 2.91. The first kappa shape index (κ1) is 17.3. The molecule has 1 aromatic carbocycles. The van der Waals surface area contributed by atoms with Crippen molar-refractivity contribution in [3.63, 3.8) is 0 Å². The summed E-state index contributed by atoms with van der Waals surface area (Å²) in [4.78, 5) is 4.51. The van der Waals surface area contributed by atoms with Gasteiger partial charge in [-0.3, -0.25) is 4.57 Å². The molecule has 0 radical (unpaired) electrons. The van der Waals surface area contributed by atoms with Crippen molar-refractivity contribution in [1.29, 1.82) is 0 Å². The fourth-order valence-electron chi connectivity index (χ4n) is 2.51. The third-order valence-electron chi connectivity index (χ3n) is 3.96. The van der Waals surface area contributed by atoms with Gasteiger partial charge in [0.25, 0.3) is 0 Å². The molecule has 2 heterocycles. The van der Waals surface area contributed by atoms with Crippen LogP contribution in [0.1, 0.15) is 30.1 Å². The molecule has 0 saturated heterocycles. The Kier molecular flexibility index (Phi) is 4.39. The lowest BCUT2D eigenvalue weighted by Gasteiger charge is -2.06. The van der Waals surface area contributed by atoms with Crippen LogP contribution in [0.25, 0.3) is 10.6 Å². The monoisotopic (exact) mass is 397 g/mol. The van der Waals surface area contributed by atoms with E-state index < -0.39 is 11.7 Å². The predicted molar refractivity (Wildman–Crippen MR) is 94.8 cm³/mol. The summed E-state index contributed by atoms with van der Waals surface area (Å²) in [7, 11) is 0. The first-order valence-electron chi connectivity index (χ1n) is 7.87. The molecule has 5 nitrogen and oxygen atoms in total. The second kappa shape index (κ2) is 6.58. The maximum absolute atomic E-state index is 12.6. The van der Waals surface area contributed by atoms with E-state index in [1.165, 1.54) is 35.2 Å². The average molecular weight is 397 g/mol. The van der Waals surface area contributed by atoms with E-state index in [4.69, 9.17) is 5.73 Å². The minimum absolute atomic E-state index is 0.394. The summed E-state index contributed by atoms with van der Waals surface area (Å²) < 4.78 is 39.9. The van der Waals surface area contributed by atoms with Gasteiger partial charge >= 0.3 is 6.18 Å². The Bertz CT molecular complexity index is 913. The lowest BCUT2D eigenvalue weighted by Crippen LogP contribution is -2.03. The van der Waals surface area contributed by atoms with E-state index in [-0.39, 0.29) is 0 Å². The number of anilines is 1. The number of hydrogen-bond acceptors (Lipinski definition) is 6. The number of alkyl halides is 3. The van der Waals surface area contributed by atoms with E-state index in [0.29, 0.717) is 28.3 Å². The minimum Gasteiger partial charge on any atom is -0.368 e. The predicted octanol–water partition coefficient (Wildman–Crippen LogP) is 4.63. The van der Waals surface area contributed by atoms with E-state index in [1.54, 1.807) is 0 Å². The SMILES string of the molecule is Nc1nnc(SCc2csc(-c3ccc(C(F)(F)F)cc3)n2)n1C1CC1. The van der Waals surface area contributed by atoms with Gasteiger partial charge in [-0.05, 0) is 25.0 Å². The standard InChI is InChI=1S/C16H14F3N5S2/c17-16(18,19)10-3-1-9(2-4-10)13-21-11(7-25-13)8-26-15-23-22-14(20)24(15)12-5-6-12/h1-4,7,12H,5-6,8H2,(H2,20,22). The number of aromatic nitrogens is 4. The van der Waals surface area contributed by atoms with Crippen LogP contribution in [-0.4, -0.2) is 19.7 Å². The van der Waals surface area contributed by atoms with Gasteiger partial charge in [0.2, 0.25) is 5.95 Å². The van der Waals surface area contributed by atoms with Crippen LogP contribution in [0.3, 0.4) is 0 Å². The molecule has 0 bridgehead atoms. The molecule has 0 amide bonds. The number of nitrogens with two attached hydrogens (primary N) is 1. The fraction of sp³-hybridized carbons (Fsp3) is 0.312. The second-order valence-corrected chi connectivity index (χ2v) is 7.75. The lowest BCUT2D eigenvalue weighted by atomic mass is 10.1. The molecule has 136 valence electrons. The quantitative estimate of drug-likeness (QED) is 0.636. The summed E-state index contributed by atoms with van der Waals surface area (Å²) in [5.74, 6) is 1.03. The summed E-state index contributed by atoms with van der Waals surface area (Å²) in [5, 5.41) is 11.4. The van der Waals surface area contributed by atoms with E-state index in [0.717, 1.165) is 35.8 Å². The zero-order chi connectivity index (χ0) is 18.3. The number of nitrogens with zero attached hydrogens (tertiary/aromatic N) is 4. The summed E-state index contributed by atoms with van der Waals surface area (Å²) in [6.07, 6.45) is -2.16. The second-order valence-electron chi connectivity index (χ2n) is 5.95. The minimum atomic E-state index is -4.33. The lowest BCUT2D eigenvalue weighted by molar-refractivity contribution is -0.137. The number of halogens is 3. The molecule has 2 N–H and O–H groups in total. The Balaban J connectivity index is 1.45. The van der Waals surface area contributed by atoms with Gasteiger partial charge in [-0.2, -0.15) is 13.2 Å². The molecule has 0 aliphatic heterocycles. The van der Waals surface area contributed by atoms with Gasteiger partial charge in [-0.1, -0.05) is 23.9 Å². The van der Waals surface area contributed by atoms with E-state index in [9.17, 15) is 13.2 Å². The number of benzene rings is 1. The van der Waals surface area contributed by atoms with Gasteiger partial charge in [0.05, 0.1) is 11.3 Å². The molecule has 10 heteroatoms. The van der Waals surface area contributed by atoms with Gasteiger partial charge < -0.3 is 5.73 Å². The van der Waals surface area contributed by atoms with Crippen molar-refractivity contribution in [3.8, 4) is 10.6 Å².